The van der Waals surface area contributed by atoms with E-state index in [1.165, 1.54) is 6.26 Å². The van der Waals surface area contributed by atoms with E-state index in [9.17, 15) is 8.42 Å². The molecule has 0 aliphatic rings. The van der Waals surface area contributed by atoms with Gasteiger partial charge in [-0.3, -0.25) is 0 Å². The molecule has 0 amide bonds. The molecule has 84 valence electrons. The molecule has 0 unspecified atom stereocenters. The largest absolute Gasteiger partial charge is 0.478 e. The van der Waals surface area contributed by atoms with Crippen molar-refractivity contribution in [3.8, 4) is 5.88 Å². The Kier molecular flexibility index (Phi) is 4.08. The Labute approximate surface area is 90.2 Å². The summed E-state index contributed by atoms with van der Waals surface area (Å²) in [5.74, 6) is 0.688. The SMILES string of the molecule is Cc1ccc(OCCCS(C)(=O)=O)nc1. The van der Waals surface area contributed by atoms with Gasteiger partial charge in [0.25, 0.3) is 0 Å². The fraction of sp³-hybridized carbons (Fsp3) is 0.500. The van der Waals surface area contributed by atoms with Crippen LogP contribution in [0.5, 0.6) is 5.88 Å². The van der Waals surface area contributed by atoms with Crippen molar-refractivity contribution < 1.29 is 13.2 Å². The second kappa shape index (κ2) is 5.11. The summed E-state index contributed by atoms with van der Waals surface area (Å²) in [6.07, 6.45) is 3.43. The fourth-order valence-electron chi connectivity index (χ4n) is 1.04. The van der Waals surface area contributed by atoms with Crippen LogP contribution in [0.4, 0.5) is 0 Å². The van der Waals surface area contributed by atoms with Crippen molar-refractivity contribution in [1.29, 1.82) is 0 Å². The monoisotopic (exact) mass is 229 g/mol. The highest BCUT2D eigenvalue weighted by Crippen LogP contribution is 2.06. The number of pyridine rings is 1. The summed E-state index contributed by atoms with van der Waals surface area (Å²) in [5.41, 5.74) is 1.07. The summed E-state index contributed by atoms with van der Waals surface area (Å²) in [4.78, 5) is 4.04. The predicted octanol–water partition coefficient (Wildman–Crippen LogP) is 1.20. The van der Waals surface area contributed by atoms with Crippen molar-refractivity contribution in [2.75, 3.05) is 18.6 Å². The first-order valence-electron chi connectivity index (χ1n) is 4.70. The van der Waals surface area contributed by atoms with Crippen molar-refractivity contribution in [2.45, 2.75) is 13.3 Å². The van der Waals surface area contributed by atoms with E-state index in [1.807, 2.05) is 13.0 Å². The maximum atomic E-state index is 10.8. The molecule has 0 atom stereocenters. The van der Waals surface area contributed by atoms with Gasteiger partial charge in [0.2, 0.25) is 5.88 Å². The van der Waals surface area contributed by atoms with Crippen molar-refractivity contribution in [3.63, 3.8) is 0 Å². The first-order chi connectivity index (χ1) is 6.97. The van der Waals surface area contributed by atoms with Gasteiger partial charge in [0.05, 0.1) is 12.4 Å². The molecule has 1 aromatic rings. The van der Waals surface area contributed by atoms with Crippen LogP contribution in [0.3, 0.4) is 0 Å². The highest BCUT2D eigenvalue weighted by atomic mass is 32.2. The molecule has 0 saturated heterocycles. The maximum absolute atomic E-state index is 10.8. The topological polar surface area (TPSA) is 56.3 Å². The number of ether oxygens (including phenoxy) is 1. The summed E-state index contributed by atoms with van der Waals surface area (Å²) in [6, 6.07) is 3.68. The number of hydrogen-bond donors (Lipinski definition) is 0. The highest BCUT2D eigenvalue weighted by molar-refractivity contribution is 7.90. The Morgan fingerprint density at radius 2 is 2.13 bits per heavy atom. The lowest BCUT2D eigenvalue weighted by Crippen LogP contribution is -2.08. The zero-order valence-corrected chi connectivity index (χ0v) is 9.75. The van der Waals surface area contributed by atoms with Crippen LogP contribution < -0.4 is 4.74 Å². The molecule has 15 heavy (non-hydrogen) atoms. The quantitative estimate of drug-likeness (QED) is 0.712. The van der Waals surface area contributed by atoms with Crippen molar-refractivity contribution in [2.24, 2.45) is 0 Å². The summed E-state index contributed by atoms with van der Waals surface area (Å²) in [6.45, 7) is 2.32. The molecule has 0 bridgehead atoms. The molecule has 1 rings (SSSR count). The van der Waals surface area contributed by atoms with Crippen molar-refractivity contribution >= 4 is 9.84 Å². The molecular weight excluding hydrogens is 214 g/mol. The van der Waals surface area contributed by atoms with E-state index in [1.54, 1.807) is 12.3 Å². The molecule has 0 fully saturated rings. The summed E-state index contributed by atoms with van der Waals surface area (Å²) < 4.78 is 26.9. The fourth-order valence-corrected chi connectivity index (χ4v) is 1.68. The summed E-state index contributed by atoms with van der Waals surface area (Å²) in [5, 5.41) is 0. The first kappa shape index (κ1) is 12.0. The Hall–Kier alpha value is -1.10. The normalized spacial score (nSPS) is 11.3. The van der Waals surface area contributed by atoms with Gasteiger partial charge >= 0.3 is 0 Å². The lowest BCUT2D eigenvalue weighted by molar-refractivity contribution is 0.305. The lowest BCUT2D eigenvalue weighted by atomic mass is 10.3. The van der Waals surface area contributed by atoms with Crippen LogP contribution >= 0.6 is 0 Å². The third-order valence-corrected chi connectivity index (χ3v) is 2.82. The van der Waals surface area contributed by atoms with E-state index in [0.717, 1.165) is 5.56 Å². The second-order valence-corrected chi connectivity index (χ2v) is 5.77. The molecular formula is C10H15NO3S. The molecule has 1 heterocycles. The Morgan fingerprint density at radius 1 is 1.40 bits per heavy atom. The molecule has 1 aromatic heterocycles. The van der Waals surface area contributed by atoms with Crippen molar-refractivity contribution in [3.05, 3.63) is 23.9 Å². The van der Waals surface area contributed by atoms with Gasteiger partial charge in [-0.1, -0.05) is 6.07 Å². The lowest BCUT2D eigenvalue weighted by Gasteiger charge is -2.04. The molecule has 0 N–H and O–H groups in total. The average Bonchev–Trinajstić information content (AvgIpc) is 2.14. The molecule has 0 aliphatic carbocycles. The van der Waals surface area contributed by atoms with E-state index in [-0.39, 0.29) is 5.75 Å². The molecule has 0 aliphatic heterocycles. The van der Waals surface area contributed by atoms with Gasteiger partial charge in [-0.2, -0.15) is 0 Å². The van der Waals surface area contributed by atoms with Gasteiger partial charge in [0.1, 0.15) is 9.84 Å². The van der Waals surface area contributed by atoms with Crippen LogP contribution in [0, 0.1) is 6.92 Å². The number of nitrogens with zero attached hydrogens (tertiary/aromatic N) is 1. The number of hydrogen-bond acceptors (Lipinski definition) is 4. The van der Waals surface area contributed by atoms with Gasteiger partial charge in [-0.25, -0.2) is 13.4 Å². The molecule has 0 aromatic carbocycles. The van der Waals surface area contributed by atoms with Gasteiger partial charge in [0, 0.05) is 18.5 Å². The standard InChI is InChI=1S/C10H15NO3S/c1-9-4-5-10(11-8-9)14-6-3-7-15(2,12)13/h4-5,8H,3,6-7H2,1-2H3. The molecule has 0 saturated carbocycles. The third kappa shape index (κ3) is 5.37. The molecule has 0 spiro atoms. The molecule has 5 heteroatoms. The van der Waals surface area contributed by atoms with Gasteiger partial charge < -0.3 is 4.74 Å². The number of aryl methyl sites for hydroxylation is 1. The minimum Gasteiger partial charge on any atom is -0.478 e. The zero-order valence-electron chi connectivity index (χ0n) is 8.93. The highest BCUT2D eigenvalue weighted by Gasteiger charge is 2.01. The molecule has 0 radical (unpaired) electrons. The zero-order chi connectivity index (χ0) is 11.3. The predicted molar refractivity (Wildman–Crippen MR) is 58.8 cm³/mol. The van der Waals surface area contributed by atoms with E-state index in [2.05, 4.69) is 4.98 Å². The first-order valence-corrected chi connectivity index (χ1v) is 6.76. The Morgan fingerprint density at radius 3 is 2.67 bits per heavy atom. The van der Waals surface area contributed by atoms with Crippen LogP contribution in [0.15, 0.2) is 18.3 Å². The minimum atomic E-state index is -2.89. The Balaban J connectivity index is 2.29. The molecule has 4 nitrogen and oxygen atoms in total. The minimum absolute atomic E-state index is 0.152. The van der Waals surface area contributed by atoms with Gasteiger partial charge in [-0.05, 0) is 18.9 Å². The number of sulfone groups is 1. The number of rotatable bonds is 5. The van der Waals surface area contributed by atoms with Crippen LogP contribution in [-0.2, 0) is 9.84 Å². The van der Waals surface area contributed by atoms with Crippen LogP contribution in [0.25, 0.3) is 0 Å². The third-order valence-electron chi connectivity index (χ3n) is 1.79. The van der Waals surface area contributed by atoms with Crippen LogP contribution in [-0.4, -0.2) is 32.0 Å². The summed E-state index contributed by atoms with van der Waals surface area (Å²) in [7, 11) is -2.89. The van der Waals surface area contributed by atoms with E-state index >= 15 is 0 Å². The maximum Gasteiger partial charge on any atom is 0.213 e. The van der Waals surface area contributed by atoms with Gasteiger partial charge in [-0.15, -0.1) is 0 Å². The van der Waals surface area contributed by atoms with E-state index in [0.29, 0.717) is 18.9 Å². The Bertz CT molecular complexity index is 397. The van der Waals surface area contributed by atoms with Gasteiger partial charge in [0.15, 0.2) is 0 Å². The smallest absolute Gasteiger partial charge is 0.213 e. The second-order valence-electron chi connectivity index (χ2n) is 3.51. The number of aromatic nitrogens is 1. The average molecular weight is 229 g/mol. The summed E-state index contributed by atoms with van der Waals surface area (Å²) >= 11 is 0. The van der Waals surface area contributed by atoms with Crippen LogP contribution in [0.1, 0.15) is 12.0 Å². The van der Waals surface area contributed by atoms with E-state index in [4.69, 9.17) is 4.74 Å². The van der Waals surface area contributed by atoms with E-state index < -0.39 is 9.84 Å². The van der Waals surface area contributed by atoms with Crippen molar-refractivity contribution in [1.82, 2.24) is 4.98 Å². The van der Waals surface area contributed by atoms with Crippen LogP contribution in [0.2, 0.25) is 0 Å².